The van der Waals surface area contributed by atoms with E-state index >= 15 is 0 Å². The van der Waals surface area contributed by atoms with Gasteiger partial charge in [-0.25, -0.2) is 4.21 Å². The Morgan fingerprint density at radius 1 is 1.29 bits per heavy atom. The molecule has 0 fully saturated rings. The molecule has 1 rings (SSSR count). The molecule has 0 unspecified atom stereocenters. The van der Waals surface area contributed by atoms with Crippen molar-refractivity contribution in [2.75, 3.05) is 12.5 Å². The lowest BCUT2D eigenvalue weighted by molar-refractivity contribution is -0.117. The highest BCUT2D eigenvalue weighted by Gasteiger charge is 2.02. The highest BCUT2D eigenvalue weighted by Crippen LogP contribution is 2.01. The van der Waals surface area contributed by atoms with Crippen molar-refractivity contribution in [2.45, 2.75) is 6.42 Å². The Hall–Kier alpha value is -1.16. The maximum Gasteiger partial charge on any atom is 0.258 e. The summed E-state index contributed by atoms with van der Waals surface area (Å²) in [6.07, 6.45) is 3.13. The van der Waals surface area contributed by atoms with Crippen LogP contribution < -0.4 is 0 Å². The van der Waals surface area contributed by atoms with Crippen molar-refractivity contribution in [2.24, 2.45) is 4.36 Å². The summed E-state index contributed by atoms with van der Waals surface area (Å²) in [6, 6.07) is 9.30. The lowest BCUT2D eigenvalue weighted by Gasteiger charge is -1.97. The highest BCUT2D eigenvalue weighted by atomic mass is 32.2. The molecule has 0 aliphatic rings. The van der Waals surface area contributed by atoms with Gasteiger partial charge in [0.2, 0.25) is 0 Å². The highest BCUT2D eigenvalue weighted by molar-refractivity contribution is 7.92. The zero-order valence-electron chi connectivity index (χ0n) is 8.27. The van der Waals surface area contributed by atoms with Crippen LogP contribution in [0.15, 0.2) is 34.7 Å². The third-order valence-corrected chi connectivity index (χ3v) is 2.16. The van der Waals surface area contributed by atoms with Gasteiger partial charge in [0.1, 0.15) is 0 Å². The molecule has 1 amide bonds. The fourth-order valence-corrected chi connectivity index (χ4v) is 1.60. The number of carbonyl (C=O) groups is 1. The summed E-state index contributed by atoms with van der Waals surface area (Å²) >= 11 is 0. The Bertz CT molecular complexity index is 423. The van der Waals surface area contributed by atoms with Gasteiger partial charge >= 0.3 is 0 Å². The Morgan fingerprint density at radius 3 is 2.36 bits per heavy atom. The van der Waals surface area contributed by atoms with E-state index < -0.39 is 9.73 Å². The van der Waals surface area contributed by atoms with Gasteiger partial charge in [-0.05, 0) is 5.56 Å². The molecule has 0 saturated carbocycles. The van der Waals surface area contributed by atoms with E-state index in [0.29, 0.717) is 0 Å². The Balaban J connectivity index is 2.73. The van der Waals surface area contributed by atoms with E-state index in [-0.39, 0.29) is 12.3 Å². The topological polar surface area (TPSA) is 46.5 Å². The molecule has 0 aromatic heterocycles. The van der Waals surface area contributed by atoms with Crippen LogP contribution in [0.5, 0.6) is 0 Å². The van der Waals surface area contributed by atoms with Crippen LogP contribution in [0.4, 0.5) is 0 Å². The smallest absolute Gasteiger partial charge is 0.258 e. The zero-order valence-corrected chi connectivity index (χ0v) is 9.08. The van der Waals surface area contributed by atoms with Crippen LogP contribution >= 0.6 is 0 Å². The molecule has 1 aromatic carbocycles. The quantitative estimate of drug-likeness (QED) is 0.744. The predicted molar refractivity (Wildman–Crippen MR) is 57.6 cm³/mol. The summed E-state index contributed by atoms with van der Waals surface area (Å²) < 4.78 is 14.8. The lowest BCUT2D eigenvalue weighted by atomic mass is 10.1. The van der Waals surface area contributed by atoms with Gasteiger partial charge in [0, 0.05) is 22.2 Å². The summed E-state index contributed by atoms with van der Waals surface area (Å²) in [5.74, 6) is -0.328. The fourth-order valence-electron chi connectivity index (χ4n) is 1.05. The van der Waals surface area contributed by atoms with Crippen molar-refractivity contribution in [1.82, 2.24) is 0 Å². The maximum absolute atomic E-state index is 11.3. The van der Waals surface area contributed by atoms with Crippen molar-refractivity contribution in [3.8, 4) is 0 Å². The van der Waals surface area contributed by atoms with Crippen molar-refractivity contribution < 1.29 is 9.00 Å². The van der Waals surface area contributed by atoms with Crippen molar-refractivity contribution in [3.05, 3.63) is 35.9 Å². The third kappa shape index (κ3) is 4.18. The Kier molecular flexibility index (Phi) is 3.41. The molecule has 14 heavy (non-hydrogen) atoms. The van der Waals surface area contributed by atoms with Gasteiger partial charge in [0.25, 0.3) is 5.91 Å². The van der Waals surface area contributed by atoms with Crippen LogP contribution in [0.2, 0.25) is 0 Å². The second kappa shape index (κ2) is 4.37. The first kappa shape index (κ1) is 10.9. The van der Waals surface area contributed by atoms with E-state index in [1.165, 1.54) is 12.5 Å². The minimum Gasteiger partial charge on any atom is -0.272 e. The molecule has 0 heterocycles. The van der Waals surface area contributed by atoms with Crippen molar-refractivity contribution in [1.29, 1.82) is 0 Å². The summed E-state index contributed by atoms with van der Waals surface area (Å²) in [5, 5.41) is 0. The van der Waals surface area contributed by atoms with Crippen LogP contribution in [0, 0.1) is 0 Å². The van der Waals surface area contributed by atoms with Gasteiger partial charge in [-0.15, -0.1) is 0 Å². The van der Waals surface area contributed by atoms with E-state index in [1.807, 2.05) is 30.3 Å². The van der Waals surface area contributed by atoms with Crippen LogP contribution in [-0.4, -0.2) is 22.6 Å². The largest absolute Gasteiger partial charge is 0.272 e. The molecule has 0 radical (unpaired) electrons. The first-order chi connectivity index (χ1) is 6.47. The van der Waals surface area contributed by atoms with Crippen LogP contribution in [0.1, 0.15) is 5.56 Å². The van der Waals surface area contributed by atoms with Crippen LogP contribution in [-0.2, 0) is 20.9 Å². The molecular weight excluding hydrogens is 198 g/mol. The number of amides is 1. The summed E-state index contributed by atoms with van der Waals surface area (Å²) in [6.45, 7) is 0. The molecule has 76 valence electrons. The third-order valence-electron chi connectivity index (χ3n) is 1.52. The number of carbonyl (C=O) groups excluding carboxylic acids is 1. The first-order valence-electron chi connectivity index (χ1n) is 4.21. The zero-order chi connectivity index (χ0) is 10.6. The standard InChI is InChI=1S/C10H13NO2S/c1-14(2,13)11-10(12)8-9-6-4-3-5-7-9/h3-7H,8H2,1-2H3. The molecule has 4 heteroatoms. The van der Waals surface area contributed by atoms with E-state index in [9.17, 15) is 9.00 Å². The second-order valence-electron chi connectivity index (χ2n) is 3.33. The van der Waals surface area contributed by atoms with Crippen LogP contribution in [0.25, 0.3) is 0 Å². The number of benzene rings is 1. The molecular formula is C10H13NO2S. The Morgan fingerprint density at radius 2 is 1.86 bits per heavy atom. The monoisotopic (exact) mass is 211 g/mol. The number of hydrogen-bond donors (Lipinski definition) is 0. The second-order valence-corrected chi connectivity index (χ2v) is 5.87. The van der Waals surface area contributed by atoms with Gasteiger partial charge in [-0.2, -0.15) is 4.36 Å². The molecule has 0 atom stereocenters. The normalized spacial score (nSPS) is 11.0. The van der Waals surface area contributed by atoms with Gasteiger partial charge in [0.05, 0.1) is 6.42 Å². The molecule has 3 nitrogen and oxygen atoms in total. The van der Waals surface area contributed by atoms with Crippen molar-refractivity contribution >= 4 is 15.6 Å². The fraction of sp³-hybridized carbons (Fsp3) is 0.300. The summed E-state index contributed by atoms with van der Waals surface area (Å²) in [5.41, 5.74) is 0.893. The predicted octanol–water partition coefficient (Wildman–Crippen LogP) is 1.48. The molecule has 0 spiro atoms. The average Bonchev–Trinajstić information content (AvgIpc) is 2.02. The molecule has 0 N–H and O–H groups in total. The van der Waals surface area contributed by atoms with Crippen LogP contribution in [0.3, 0.4) is 0 Å². The van der Waals surface area contributed by atoms with Gasteiger partial charge in [-0.3, -0.25) is 4.79 Å². The van der Waals surface area contributed by atoms with E-state index in [1.54, 1.807) is 0 Å². The van der Waals surface area contributed by atoms with Gasteiger partial charge in [-0.1, -0.05) is 30.3 Å². The minimum absolute atomic E-state index is 0.222. The maximum atomic E-state index is 11.3. The SMILES string of the molecule is CS(C)(=O)=NC(=O)Cc1ccccc1. The van der Waals surface area contributed by atoms with Crippen molar-refractivity contribution in [3.63, 3.8) is 0 Å². The Labute approximate surface area is 84.3 Å². The average molecular weight is 211 g/mol. The number of nitrogens with zero attached hydrogens (tertiary/aromatic N) is 1. The molecule has 0 aliphatic heterocycles. The minimum atomic E-state index is -2.32. The van der Waals surface area contributed by atoms with E-state index in [2.05, 4.69) is 4.36 Å². The number of rotatable bonds is 2. The van der Waals surface area contributed by atoms with Gasteiger partial charge < -0.3 is 0 Å². The molecule has 0 saturated heterocycles. The first-order valence-corrected chi connectivity index (χ1v) is 6.54. The van der Waals surface area contributed by atoms with E-state index in [0.717, 1.165) is 5.56 Å². The molecule has 0 aliphatic carbocycles. The molecule has 1 aromatic rings. The molecule has 0 bridgehead atoms. The summed E-state index contributed by atoms with van der Waals surface area (Å²) in [4.78, 5) is 11.3. The summed E-state index contributed by atoms with van der Waals surface area (Å²) in [7, 11) is -2.32. The van der Waals surface area contributed by atoms with Gasteiger partial charge in [0.15, 0.2) is 0 Å². The number of hydrogen-bond acceptors (Lipinski definition) is 2. The van der Waals surface area contributed by atoms with E-state index in [4.69, 9.17) is 0 Å². The lowest BCUT2D eigenvalue weighted by Crippen LogP contribution is -2.03.